The summed E-state index contributed by atoms with van der Waals surface area (Å²) >= 11 is 0. The standard InChI is InChI=1S/C28H20N6O/c29-25-23(21-13-5-9-17-7-1-3-11-19(17)21)15-31-27(33-25)35-28-32-16-24(26(30)34-28)22-14-6-10-18-8-2-4-12-20(18)22/h1-16H,(H2,29,31,33)(H2,30,32,34). The molecule has 6 rings (SSSR count). The molecule has 0 aliphatic carbocycles. The van der Waals surface area contributed by atoms with Crippen molar-refractivity contribution >= 4 is 33.2 Å². The van der Waals surface area contributed by atoms with Gasteiger partial charge in [-0.1, -0.05) is 84.9 Å². The van der Waals surface area contributed by atoms with Crippen LogP contribution in [0.1, 0.15) is 0 Å². The quantitative estimate of drug-likeness (QED) is 0.341. The van der Waals surface area contributed by atoms with Gasteiger partial charge < -0.3 is 16.2 Å². The summed E-state index contributed by atoms with van der Waals surface area (Å²) in [6.45, 7) is 0. The van der Waals surface area contributed by atoms with E-state index in [9.17, 15) is 0 Å². The van der Waals surface area contributed by atoms with Gasteiger partial charge >= 0.3 is 12.0 Å². The smallest absolute Gasteiger partial charge is 0.326 e. The molecule has 4 N–H and O–H groups in total. The van der Waals surface area contributed by atoms with Crippen LogP contribution in [0.15, 0.2) is 97.3 Å². The minimum atomic E-state index is 0.0452. The summed E-state index contributed by atoms with van der Waals surface area (Å²) in [5.41, 5.74) is 15.9. The molecule has 2 heterocycles. The van der Waals surface area contributed by atoms with Crippen LogP contribution in [-0.2, 0) is 0 Å². The topological polar surface area (TPSA) is 113 Å². The van der Waals surface area contributed by atoms with Gasteiger partial charge in [-0.05, 0) is 32.7 Å². The molecule has 0 amide bonds. The maximum absolute atomic E-state index is 6.28. The van der Waals surface area contributed by atoms with E-state index >= 15 is 0 Å². The predicted molar refractivity (Wildman–Crippen MR) is 139 cm³/mol. The van der Waals surface area contributed by atoms with Gasteiger partial charge in [-0.15, -0.1) is 0 Å². The molecule has 0 bridgehead atoms. The molecule has 4 aromatic carbocycles. The minimum absolute atomic E-state index is 0.0452. The Balaban J connectivity index is 1.31. The van der Waals surface area contributed by atoms with Crippen molar-refractivity contribution in [1.29, 1.82) is 0 Å². The number of nitrogens with zero attached hydrogens (tertiary/aromatic N) is 4. The molecule has 2 aromatic heterocycles. The Bertz CT molecular complexity index is 1580. The van der Waals surface area contributed by atoms with Crippen molar-refractivity contribution in [3.8, 4) is 34.3 Å². The summed E-state index contributed by atoms with van der Waals surface area (Å²) in [7, 11) is 0. The fraction of sp³-hybridized carbons (Fsp3) is 0. The molecule has 168 valence electrons. The average molecular weight is 457 g/mol. The summed E-state index contributed by atoms with van der Waals surface area (Å²) in [5.74, 6) is 0.596. The Morgan fingerprint density at radius 2 is 0.914 bits per heavy atom. The second-order valence-corrected chi connectivity index (χ2v) is 8.06. The van der Waals surface area contributed by atoms with Crippen LogP contribution >= 0.6 is 0 Å². The molecule has 0 aliphatic rings. The van der Waals surface area contributed by atoms with Crippen molar-refractivity contribution in [3.05, 3.63) is 97.3 Å². The highest BCUT2D eigenvalue weighted by Gasteiger charge is 2.14. The normalized spacial score (nSPS) is 11.1. The van der Waals surface area contributed by atoms with Gasteiger partial charge in [-0.25, -0.2) is 9.97 Å². The summed E-state index contributed by atoms with van der Waals surface area (Å²) in [6, 6.07) is 28.3. The van der Waals surface area contributed by atoms with Gasteiger partial charge in [0.1, 0.15) is 11.6 Å². The molecular weight excluding hydrogens is 436 g/mol. The van der Waals surface area contributed by atoms with Gasteiger partial charge in [0.05, 0.1) is 0 Å². The second-order valence-electron chi connectivity index (χ2n) is 8.06. The molecule has 6 aromatic rings. The lowest BCUT2D eigenvalue weighted by atomic mass is 10.00. The predicted octanol–water partition coefficient (Wildman–Crippen LogP) is 5.86. The van der Waals surface area contributed by atoms with E-state index in [1.165, 1.54) is 0 Å². The zero-order valence-electron chi connectivity index (χ0n) is 18.6. The highest BCUT2D eigenvalue weighted by molar-refractivity contribution is 5.99. The van der Waals surface area contributed by atoms with Crippen LogP contribution in [0.25, 0.3) is 43.8 Å². The third-order valence-corrected chi connectivity index (χ3v) is 5.93. The lowest BCUT2D eigenvalue weighted by molar-refractivity contribution is 0.409. The zero-order valence-corrected chi connectivity index (χ0v) is 18.6. The molecule has 0 fully saturated rings. The number of benzene rings is 4. The number of ether oxygens (including phenoxy) is 1. The van der Waals surface area contributed by atoms with Crippen molar-refractivity contribution in [2.75, 3.05) is 11.5 Å². The summed E-state index contributed by atoms with van der Waals surface area (Å²) < 4.78 is 5.69. The van der Waals surface area contributed by atoms with Crippen LogP contribution in [0.5, 0.6) is 12.0 Å². The van der Waals surface area contributed by atoms with Crippen molar-refractivity contribution < 1.29 is 4.74 Å². The molecular formula is C28H20N6O. The highest BCUT2D eigenvalue weighted by Crippen LogP contribution is 2.34. The molecule has 0 saturated heterocycles. The Morgan fingerprint density at radius 1 is 0.486 bits per heavy atom. The number of anilines is 2. The Kier molecular flexibility index (Phi) is 4.93. The molecule has 0 radical (unpaired) electrons. The average Bonchev–Trinajstić information content (AvgIpc) is 2.89. The van der Waals surface area contributed by atoms with Gasteiger partial charge in [0.25, 0.3) is 0 Å². The zero-order chi connectivity index (χ0) is 23.8. The van der Waals surface area contributed by atoms with Crippen LogP contribution in [0.2, 0.25) is 0 Å². The van der Waals surface area contributed by atoms with E-state index in [0.29, 0.717) is 11.6 Å². The van der Waals surface area contributed by atoms with Gasteiger partial charge in [0.15, 0.2) is 0 Å². The highest BCUT2D eigenvalue weighted by atomic mass is 16.5. The van der Waals surface area contributed by atoms with E-state index in [4.69, 9.17) is 16.2 Å². The fourth-order valence-corrected chi connectivity index (χ4v) is 4.27. The Hall–Kier alpha value is -5.04. The van der Waals surface area contributed by atoms with Crippen LogP contribution in [0, 0.1) is 0 Å². The Morgan fingerprint density at radius 3 is 1.37 bits per heavy atom. The van der Waals surface area contributed by atoms with E-state index in [-0.39, 0.29) is 12.0 Å². The van der Waals surface area contributed by atoms with E-state index in [1.54, 1.807) is 12.4 Å². The van der Waals surface area contributed by atoms with Crippen LogP contribution in [0.4, 0.5) is 11.6 Å². The van der Waals surface area contributed by atoms with Gasteiger partial charge in [0.2, 0.25) is 0 Å². The molecule has 0 atom stereocenters. The number of fused-ring (bicyclic) bond motifs is 2. The summed E-state index contributed by atoms with van der Waals surface area (Å²) in [5, 5.41) is 4.36. The van der Waals surface area contributed by atoms with E-state index in [1.807, 2.05) is 60.7 Å². The molecule has 0 unspecified atom stereocenters. The summed E-state index contributed by atoms with van der Waals surface area (Å²) in [6.07, 6.45) is 3.29. The van der Waals surface area contributed by atoms with E-state index in [2.05, 4.69) is 44.2 Å². The molecule has 7 nitrogen and oxygen atoms in total. The maximum atomic E-state index is 6.28. The Labute approximate surface area is 201 Å². The third-order valence-electron chi connectivity index (χ3n) is 5.93. The second kappa shape index (κ2) is 8.39. The monoisotopic (exact) mass is 456 g/mol. The van der Waals surface area contributed by atoms with Crippen molar-refractivity contribution in [2.45, 2.75) is 0 Å². The largest absolute Gasteiger partial charge is 0.388 e. The SMILES string of the molecule is Nc1nc(Oc2ncc(-c3cccc4ccccc34)c(N)n2)ncc1-c1cccc2ccccc12. The number of nitrogens with two attached hydrogens (primary N) is 2. The molecule has 0 aliphatic heterocycles. The first kappa shape index (κ1) is 20.6. The van der Waals surface area contributed by atoms with Crippen LogP contribution in [0.3, 0.4) is 0 Å². The van der Waals surface area contributed by atoms with Crippen molar-refractivity contribution in [1.82, 2.24) is 19.9 Å². The van der Waals surface area contributed by atoms with Crippen molar-refractivity contribution in [2.24, 2.45) is 0 Å². The lowest BCUT2D eigenvalue weighted by Gasteiger charge is -2.11. The van der Waals surface area contributed by atoms with E-state index < -0.39 is 0 Å². The van der Waals surface area contributed by atoms with Crippen molar-refractivity contribution in [3.63, 3.8) is 0 Å². The lowest BCUT2D eigenvalue weighted by Crippen LogP contribution is -2.03. The molecule has 0 spiro atoms. The third kappa shape index (κ3) is 3.75. The maximum Gasteiger partial charge on any atom is 0.326 e. The molecule has 35 heavy (non-hydrogen) atoms. The van der Waals surface area contributed by atoms with Crippen LogP contribution < -0.4 is 16.2 Å². The number of rotatable bonds is 4. The number of hydrogen-bond acceptors (Lipinski definition) is 7. The van der Waals surface area contributed by atoms with Gasteiger partial charge in [-0.2, -0.15) is 9.97 Å². The van der Waals surface area contributed by atoms with E-state index in [0.717, 1.165) is 43.8 Å². The number of aromatic nitrogens is 4. The molecule has 7 heteroatoms. The molecule has 0 saturated carbocycles. The summed E-state index contributed by atoms with van der Waals surface area (Å²) in [4.78, 5) is 17.3. The van der Waals surface area contributed by atoms with Crippen LogP contribution in [-0.4, -0.2) is 19.9 Å². The van der Waals surface area contributed by atoms with Gasteiger partial charge in [0, 0.05) is 23.5 Å². The number of nitrogen functional groups attached to an aromatic ring is 2. The fourth-order valence-electron chi connectivity index (χ4n) is 4.27. The first-order chi connectivity index (χ1) is 17.2. The van der Waals surface area contributed by atoms with Gasteiger partial charge in [-0.3, -0.25) is 0 Å². The first-order valence-electron chi connectivity index (χ1n) is 11.1. The number of hydrogen-bond donors (Lipinski definition) is 2. The first-order valence-corrected chi connectivity index (χ1v) is 11.1. The minimum Gasteiger partial charge on any atom is -0.388 e.